The van der Waals surface area contributed by atoms with E-state index < -0.39 is 0 Å². The van der Waals surface area contributed by atoms with Crippen LogP contribution in [-0.2, 0) is 38.3 Å². The summed E-state index contributed by atoms with van der Waals surface area (Å²) in [6, 6.07) is 0. The number of hydrogen-bond acceptors (Lipinski definition) is 0. The summed E-state index contributed by atoms with van der Waals surface area (Å²) in [6.45, 7) is 0. The van der Waals surface area contributed by atoms with Gasteiger partial charge >= 0.3 is 68.3 Å². The molecule has 0 bridgehead atoms. The van der Waals surface area contributed by atoms with Crippen molar-refractivity contribution in [2.45, 2.75) is 0 Å². The molecular formula is H2AgHgI2Se. The molecule has 0 aromatic rings. The van der Waals surface area contributed by atoms with Gasteiger partial charge in [0.05, 0.1) is 0 Å². The van der Waals surface area contributed by atoms with E-state index in [1.54, 1.807) is 0 Å². The van der Waals surface area contributed by atoms with Gasteiger partial charge in [-0.25, -0.2) is 0 Å². The molecule has 0 saturated carbocycles. The Morgan fingerprint density at radius 3 is 1.20 bits per heavy atom. The molecule has 5 heteroatoms. The molecular weight excluding hydrogens is 641 g/mol. The summed E-state index contributed by atoms with van der Waals surface area (Å²) < 4.78 is 0. The standard InChI is InChI=1S/Ag.Hg.2HI.H2Se/h;;2*1H;1H2/q;+2;;;/p-2. The third-order valence-corrected chi connectivity index (χ3v) is 0. The molecule has 0 aliphatic rings. The van der Waals surface area contributed by atoms with Gasteiger partial charge in [0.2, 0.25) is 0 Å². The minimum atomic E-state index is -0.143. The molecule has 0 amide bonds. The Bertz CT molecular complexity index is 9.61. The molecule has 0 fully saturated rings. The van der Waals surface area contributed by atoms with Crippen molar-refractivity contribution in [3.05, 3.63) is 0 Å². The molecule has 5 heavy (non-hydrogen) atoms. The Morgan fingerprint density at radius 2 is 1.20 bits per heavy atom. The Hall–Kier alpha value is 3.65. The van der Waals surface area contributed by atoms with Crippen LogP contribution in [0.15, 0.2) is 0 Å². The van der Waals surface area contributed by atoms with Crippen molar-refractivity contribution in [2.24, 2.45) is 0 Å². The van der Waals surface area contributed by atoms with E-state index >= 15 is 0 Å². The van der Waals surface area contributed by atoms with E-state index in [2.05, 4.69) is 35.3 Å². The van der Waals surface area contributed by atoms with Crippen molar-refractivity contribution in [1.29, 1.82) is 0 Å². The Balaban J connectivity index is -0.0000000200. The SMILES string of the molecule is [Ag].[I][Hg][I].[SeH2]. The van der Waals surface area contributed by atoms with Gasteiger partial charge in [-0.15, -0.1) is 0 Å². The molecule has 0 aromatic carbocycles. The molecule has 0 aliphatic carbocycles. The van der Waals surface area contributed by atoms with Gasteiger partial charge in [-0.1, -0.05) is 0 Å². The van der Waals surface area contributed by atoms with Gasteiger partial charge in [-0.05, 0) is 0 Å². The van der Waals surface area contributed by atoms with E-state index in [9.17, 15) is 0 Å². The summed E-state index contributed by atoms with van der Waals surface area (Å²) in [7, 11) is 0. The third kappa shape index (κ3) is 18.3. The van der Waals surface area contributed by atoms with Crippen LogP contribution in [0.25, 0.3) is 0 Å². The summed E-state index contributed by atoms with van der Waals surface area (Å²) in [5.41, 5.74) is 0. The fraction of sp³-hybridized carbons (Fsp3) is 0. The second-order valence-corrected chi connectivity index (χ2v) is 39.9. The summed E-state index contributed by atoms with van der Waals surface area (Å²) in [5.74, 6) is 0. The Labute approximate surface area is 88.1 Å². The molecule has 0 saturated heterocycles. The minimum absolute atomic E-state index is 0. The third-order valence-electron chi connectivity index (χ3n) is 0. The van der Waals surface area contributed by atoms with Crippen molar-refractivity contribution in [1.82, 2.24) is 0 Å². The van der Waals surface area contributed by atoms with Crippen molar-refractivity contribution < 1.29 is 38.3 Å². The molecule has 35 valence electrons. The normalized spacial score (nSPS) is 2.00. The van der Waals surface area contributed by atoms with Gasteiger partial charge < -0.3 is 0 Å². The average molecular weight is 643 g/mol. The van der Waals surface area contributed by atoms with E-state index in [1.165, 1.54) is 0 Å². The Kier molecular flexibility index (Phi) is 49.6. The molecule has 0 N–H and O–H groups in total. The number of hydrogen-bond donors (Lipinski definition) is 0. The van der Waals surface area contributed by atoms with Crippen LogP contribution < -0.4 is 0 Å². The average Bonchev–Trinajstić information content (AvgIpc) is 0.918. The molecule has 0 nitrogen and oxygen atoms in total. The first kappa shape index (κ1) is 15.9. The van der Waals surface area contributed by atoms with E-state index in [-0.39, 0.29) is 55.4 Å². The zero-order valence-electron chi connectivity index (χ0n) is 2.26. The van der Waals surface area contributed by atoms with Crippen LogP contribution >= 0.6 is 35.3 Å². The van der Waals surface area contributed by atoms with Crippen molar-refractivity contribution in [3.8, 4) is 0 Å². The molecule has 0 spiro atoms. The van der Waals surface area contributed by atoms with Gasteiger partial charge in [0.15, 0.2) is 0 Å². The second-order valence-electron chi connectivity index (χ2n) is 0.101. The van der Waals surface area contributed by atoms with Crippen LogP contribution in [0.2, 0.25) is 0 Å². The predicted molar refractivity (Wildman–Crippen MR) is 36.6 cm³/mol. The molecule has 0 aliphatic heterocycles. The van der Waals surface area contributed by atoms with E-state index in [0.29, 0.717) is 0 Å². The van der Waals surface area contributed by atoms with E-state index in [4.69, 9.17) is 0 Å². The zero-order valence-corrected chi connectivity index (χ0v) is 15.7. The molecule has 1 radical (unpaired) electrons. The summed E-state index contributed by atoms with van der Waals surface area (Å²) in [6.07, 6.45) is 0. The first-order chi connectivity index (χ1) is 1.41. The monoisotopic (exact) mass is 645 g/mol. The topological polar surface area (TPSA) is 0 Å². The van der Waals surface area contributed by atoms with Crippen LogP contribution in [0, 0.1) is 0 Å². The van der Waals surface area contributed by atoms with Gasteiger partial charge in [0.1, 0.15) is 0 Å². The fourth-order valence-electron chi connectivity index (χ4n) is 0. The van der Waals surface area contributed by atoms with Crippen molar-refractivity contribution in [3.63, 3.8) is 0 Å². The fourth-order valence-corrected chi connectivity index (χ4v) is 0. The second kappa shape index (κ2) is 15.6. The van der Waals surface area contributed by atoms with Crippen LogP contribution in [0.5, 0.6) is 0 Å². The number of rotatable bonds is 0. The maximum absolute atomic E-state index is 2.50. The van der Waals surface area contributed by atoms with Crippen molar-refractivity contribution in [2.75, 3.05) is 0 Å². The quantitative estimate of drug-likeness (QED) is 0.272. The summed E-state index contributed by atoms with van der Waals surface area (Å²) in [4.78, 5) is 0. The van der Waals surface area contributed by atoms with Gasteiger partial charge in [-0.3, -0.25) is 0 Å². The molecule has 0 aromatic heterocycles. The molecule has 0 unspecified atom stereocenters. The first-order valence-corrected chi connectivity index (χ1v) is 31.5. The molecule has 0 heterocycles. The van der Waals surface area contributed by atoms with Crippen molar-refractivity contribution >= 4 is 52.4 Å². The van der Waals surface area contributed by atoms with Gasteiger partial charge in [0, 0.05) is 22.4 Å². The van der Waals surface area contributed by atoms with E-state index in [0.717, 1.165) is 0 Å². The Morgan fingerprint density at radius 1 is 1.20 bits per heavy atom. The van der Waals surface area contributed by atoms with Crippen LogP contribution in [0.3, 0.4) is 0 Å². The van der Waals surface area contributed by atoms with Gasteiger partial charge in [-0.2, -0.15) is 0 Å². The van der Waals surface area contributed by atoms with Crippen LogP contribution in [0.1, 0.15) is 0 Å². The van der Waals surface area contributed by atoms with Gasteiger partial charge in [0.25, 0.3) is 0 Å². The predicted octanol–water partition coefficient (Wildman–Crippen LogP) is 0.850. The zero-order chi connectivity index (χ0) is 2.71. The molecule has 0 atom stereocenters. The molecule has 0 rings (SSSR count). The first-order valence-electron chi connectivity index (χ1n) is 0.535. The van der Waals surface area contributed by atoms with Crippen LogP contribution in [0.4, 0.5) is 0 Å². The van der Waals surface area contributed by atoms with Crippen LogP contribution in [-0.4, -0.2) is 17.1 Å². The van der Waals surface area contributed by atoms with E-state index in [1.807, 2.05) is 0 Å². The maximum atomic E-state index is 2.50. The summed E-state index contributed by atoms with van der Waals surface area (Å²) in [5, 5.41) is 0. The number of halogens is 2. The summed E-state index contributed by atoms with van der Waals surface area (Å²) >= 11 is 4.85.